The number of benzene rings is 1. The summed E-state index contributed by atoms with van der Waals surface area (Å²) in [5, 5.41) is 8.35. The second kappa shape index (κ2) is 6.99. The standard InChI is InChI=1S/C13H18ClN3O2/c1-8(2)16-13(19)15-7-12(18)17-11-6-10(14)5-4-9(11)3/h4-6,8H,7H2,1-3H3,(H,17,18)(H2,15,16,19). The summed E-state index contributed by atoms with van der Waals surface area (Å²) in [5.41, 5.74) is 1.55. The number of hydrogen-bond acceptors (Lipinski definition) is 2. The average Bonchev–Trinajstić information content (AvgIpc) is 2.30. The fourth-order valence-corrected chi connectivity index (χ4v) is 1.57. The lowest BCUT2D eigenvalue weighted by molar-refractivity contribution is -0.115. The van der Waals surface area contributed by atoms with Gasteiger partial charge in [-0.25, -0.2) is 4.79 Å². The van der Waals surface area contributed by atoms with Gasteiger partial charge < -0.3 is 16.0 Å². The van der Waals surface area contributed by atoms with E-state index < -0.39 is 0 Å². The summed E-state index contributed by atoms with van der Waals surface area (Å²) in [6.45, 7) is 5.46. The van der Waals surface area contributed by atoms with E-state index in [1.807, 2.05) is 26.8 Å². The highest BCUT2D eigenvalue weighted by molar-refractivity contribution is 6.31. The van der Waals surface area contributed by atoms with Gasteiger partial charge in [-0.15, -0.1) is 0 Å². The molecule has 0 saturated carbocycles. The van der Waals surface area contributed by atoms with Gasteiger partial charge in [0, 0.05) is 16.8 Å². The number of rotatable bonds is 4. The zero-order valence-corrected chi connectivity index (χ0v) is 12.0. The number of carbonyl (C=O) groups excluding carboxylic acids is 2. The molecule has 3 amide bonds. The molecule has 0 unspecified atom stereocenters. The van der Waals surface area contributed by atoms with Gasteiger partial charge in [0.1, 0.15) is 0 Å². The molecule has 0 radical (unpaired) electrons. The summed E-state index contributed by atoms with van der Waals surface area (Å²) in [6.07, 6.45) is 0. The van der Waals surface area contributed by atoms with Crippen LogP contribution >= 0.6 is 11.6 Å². The molecule has 3 N–H and O–H groups in total. The van der Waals surface area contributed by atoms with Crippen LogP contribution in [-0.2, 0) is 4.79 Å². The van der Waals surface area contributed by atoms with Crippen molar-refractivity contribution in [2.45, 2.75) is 26.8 Å². The number of aryl methyl sites for hydroxylation is 1. The average molecular weight is 284 g/mol. The quantitative estimate of drug-likeness (QED) is 0.793. The Kier molecular flexibility index (Phi) is 5.63. The molecule has 6 heteroatoms. The number of anilines is 1. The number of nitrogens with one attached hydrogen (secondary N) is 3. The zero-order chi connectivity index (χ0) is 14.4. The largest absolute Gasteiger partial charge is 0.336 e. The maximum absolute atomic E-state index is 11.7. The van der Waals surface area contributed by atoms with Crippen molar-refractivity contribution < 1.29 is 9.59 Å². The minimum atomic E-state index is -0.368. The Labute approximate surface area is 117 Å². The van der Waals surface area contributed by atoms with Gasteiger partial charge in [-0.05, 0) is 38.5 Å². The summed E-state index contributed by atoms with van der Waals surface area (Å²) in [4.78, 5) is 23.0. The smallest absolute Gasteiger partial charge is 0.315 e. The van der Waals surface area contributed by atoms with Crippen molar-refractivity contribution in [1.29, 1.82) is 0 Å². The molecule has 104 valence electrons. The Hall–Kier alpha value is -1.75. The Morgan fingerprint density at radius 2 is 2.00 bits per heavy atom. The van der Waals surface area contributed by atoms with Crippen molar-refractivity contribution in [2.75, 3.05) is 11.9 Å². The molecular weight excluding hydrogens is 266 g/mol. The maximum atomic E-state index is 11.7. The third-order valence-electron chi connectivity index (χ3n) is 2.30. The summed E-state index contributed by atoms with van der Waals surface area (Å²) < 4.78 is 0. The Bertz CT molecular complexity index is 475. The molecule has 19 heavy (non-hydrogen) atoms. The first-order valence-electron chi connectivity index (χ1n) is 5.99. The van der Waals surface area contributed by atoms with Crippen LogP contribution in [0.5, 0.6) is 0 Å². The molecule has 0 saturated heterocycles. The summed E-state index contributed by atoms with van der Waals surface area (Å²) in [6, 6.07) is 4.90. The topological polar surface area (TPSA) is 70.2 Å². The van der Waals surface area contributed by atoms with Crippen molar-refractivity contribution in [3.05, 3.63) is 28.8 Å². The zero-order valence-electron chi connectivity index (χ0n) is 11.2. The van der Waals surface area contributed by atoms with Crippen molar-refractivity contribution in [1.82, 2.24) is 10.6 Å². The predicted molar refractivity (Wildman–Crippen MR) is 76.5 cm³/mol. The molecule has 0 bridgehead atoms. The number of carbonyl (C=O) groups is 2. The molecule has 0 atom stereocenters. The second-order valence-electron chi connectivity index (χ2n) is 4.49. The van der Waals surface area contributed by atoms with Crippen LogP contribution in [0.2, 0.25) is 5.02 Å². The maximum Gasteiger partial charge on any atom is 0.315 e. The highest BCUT2D eigenvalue weighted by atomic mass is 35.5. The molecule has 0 heterocycles. The number of urea groups is 1. The normalized spacial score (nSPS) is 10.2. The first-order valence-corrected chi connectivity index (χ1v) is 6.36. The third kappa shape index (κ3) is 5.61. The molecule has 0 aliphatic heterocycles. The third-order valence-corrected chi connectivity index (χ3v) is 2.54. The summed E-state index contributed by atoms with van der Waals surface area (Å²) in [5.74, 6) is -0.302. The number of amides is 3. The van der Waals surface area contributed by atoms with Crippen LogP contribution in [0.3, 0.4) is 0 Å². The van der Waals surface area contributed by atoms with Gasteiger partial charge in [-0.1, -0.05) is 17.7 Å². The fourth-order valence-electron chi connectivity index (χ4n) is 1.40. The second-order valence-corrected chi connectivity index (χ2v) is 4.93. The molecule has 0 spiro atoms. The molecule has 0 aliphatic rings. The van der Waals surface area contributed by atoms with E-state index in [2.05, 4.69) is 16.0 Å². The summed E-state index contributed by atoms with van der Waals surface area (Å²) >= 11 is 5.85. The van der Waals surface area contributed by atoms with E-state index in [0.717, 1.165) is 5.56 Å². The molecule has 0 aliphatic carbocycles. The number of halogens is 1. The molecule has 0 aromatic heterocycles. The van der Waals surface area contributed by atoms with E-state index in [4.69, 9.17) is 11.6 Å². The Morgan fingerprint density at radius 3 is 2.63 bits per heavy atom. The Balaban J connectivity index is 2.47. The fraction of sp³-hybridized carbons (Fsp3) is 0.385. The van der Waals surface area contributed by atoms with E-state index in [0.29, 0.717) is 10.7 Å². The van der Waals surface area contributed by atoms with Crippen LogP contribution in [0, 0.1) is 6.92 Å². The lowest BCUT2D eigenvalue weighted by atomic mass is 10.2. The highest BCUT2D eigenvalue weighted by Gasteiger charge is 2.08. The molecule has 1 aromatic rings. The van der Waals surface area contributed by atoms with E-state index in [1.54, 1.807) is 12.1 Å². The molecule has 5 nitrogen and oxygen atoms in total. The predicted octanol–water partition coefficient (Wildman–Crippen LogP) is 2.29. The van der Waals surface area contributed by atoms with E-state index >= 15 is 0 Å². The lowest BCUT2D eigenvalue weighted by Gasteiger charge is -2.11. The van der Waals surface area contributed by atoms with Crippen molar-refractivity contribution in [3.63, 3.8) is 0 Å². The van der Waals surface area contributed by atoms with E-state index in [1.165, 1.54) is 0 Å². The monoisotopic (exact) mass is 283 g/mol. The van der Waals surface area contributed by atoms with E-state index in [9.17, 15) is 9.59 Å². The highest BCUT2D eigenvalue weighted by Crippen LogP contribution is 2.19. The minimum Gasteiger partial charge on any atom is -0.336 e. The van der Waals surface area contributed by atoms with Crippen LogP contribution in [0.15, 0.2) is 18.2 Å². The molecule has 0 fully saturated rings. The number of hydrogen-bond donors (Lipinski definition) is 3. The van der Waals surface area contributed by atoms with Crippen LogP contribution in [0.25, 0.3) is 0 Å². The van der Waals surface area contributed by atoms with Gasteiger partial charge in [0.05, 0.1) is 6.54 Å². The lowest BCUT2D eigenvalue weighted by Crippen LogP contribution is -2.42. The van der Waals surface area contributed by atoms with Gasteiger partial charge in [-0.2, -0.15) is 0 Å². The molecule has 1 aromatic carbocycles. The first kappa shape index (κ1) is 15.3. The van der Waals surface area contributed by atoms with E-state index in [-0.39, 0.29) is 24.5 Å². The van der Waals surface area contributed by atoms with Crippen LogP contribution in [0.4, 0.5) is 10.5 Å². The van der Waals surface area contributed by atoms with Gasteiger partial charge in [0.2, 0.25) is 5.91 Å². The van der Waals surface area contributed by atoms with Crippen LogP contribution < -0.4 is 16.0 Å². The van der Waals surface area contributed by atoms with Crippen molar-refractivity contribution >= 4 is 29.2 Å². The molecule has 1 rings (SSSR count). The SMILES string of the molecule is Cc1ccc(Cl)cc1NC(=O)CNC(=O)NC(C)C. The Morgan fingerprint density at radius 1 is 1.32 bits per heavy atom. The summed E-state index contributed by atoms with van der Waals surface area (Å²) in [7, 11) is 0. The van der Waals surface area contributed by atoms with Gasteiger partial charge in [-0.3, -0.25) is 4.79 Å². The van der Waals surface area contributed by atoms with Gasteiger partial charge in [0.15, 0.2) is 0 Å². The van der Waals surface area contributed by atoms with Gasteiger partial charge in [0.25, 0.3) is 0 Å². The van der Waals surface area contributed by atoms with Crippen LogP contribution in [-0.4, -0.2) is 24.5 Å². The molecular formula is C13H18ClN3O2. The minimum absolute atomic E-state index is 0.0261. The first-order chi connectivity index (χ1) is 8.88. The van der Waals surface area contributed by atoms with Crippen molar-refractivity contribution in [3.8, 4) is 0 Å². The van der Waals surface area contributed by atoms with Crippen LogP contribution in [0.1, 0.15) is 19.4 Å². The van der Waals surface area contributed by atoms with Gasteiger partial charge >= 0.3 is 6.03 Å². The van der Waals surface area contributed by atoms with Crippen molar-refractivity contribution in [2.24, 2.45) is 0 Å².